The number of aliphatic imine (C=N–C) groups is 1. The number of alkyl halides is 3. The van der Waals surface area contributed by atoms with Gasteiger partial charge in [0.15, 0.2) is 5.96 Å². The lowest BCUT2D eigenvalue weighted by atomic mass is 10.2. The van der Waals surface area contributed by atoms with E-state index >= 15 is 0 Å². The fourth-order valence-electron chi connectivity index (χ4n) is 2.21. The number of methoxy groups -OCH3 is 2. The van der Waals surface area contributed by atoms with E-state index in [-0.39, 0.29) is 47.4 Å². The quantitative estimate of drug-likeness (QED) is 0.213. The third-order valence-corrected chi connectivity index (χ3v) is 3.90. The van der Waals surface area contributed by atoms with Gasteiger partial charge >= 0.3 is 6.18 Å². The van der Waals surface area contributed by atoms with E-state index in [2.05, 4.69) is 15.3 Å². The lowest BCUT2D eigenvalue weighted by Crippen LogP contribution is -2.23. The van der Waals surface area contributed by atoms with E-state index in [1.54, 1.807) is 25.3 Å². The van der Waals surface area contributed by atoms with Crippen LogP contribution in [-0.2, 0) is 6.18 Å². The fourth-order valence-corrected chi connectivity index (χ4v) is 2.43. The highest BCUT2D eigenvalue weighted by Gasteiger charge is 2.31. The van der Waals surface area contributed by atoms with Crippen LogP contribution in [0, 0.1) is 0 Å². The predicted octanol–water partition coefficient (Wildman–Crippen LogP) is 4.58. The fraction of sp³-hybridized carbons (Fsp3) is 0.333. The molecule has 0 aliphatic carbocycles. The largest absolute Gasteiger partial charge is 0.497 e. The number of pyridine rings is 1. The normalized spacial score (nSPS) is 11.5. The minimum Gasteiger partial charge on any atom is -0.497 e. The van der Waals surface area contributed by atoms with Crippen molar-refractivity contribution < 1.29 is 27.4 Å². The molecule has 0 atom stereocenters. The number of anilines is 1. The van der Waals surface area contributed by atoms with Crippen LogP contribution in [0.25, 0.3) is 0 Å². The van der Waals surface area contributed by atoms with Crippen molar-refractivity contribution in [2.75, 3.05) is 32.7 Å². The second-order valence-electron chi connectivity index (χ2n) is 5.67. The number of nitrogens with one attached hydrogen (secondary N) is 1. The molecule has 0 saturated carbocycles. The van der Waals surface area contributed by atoms with Gasteiger partial charge in [-0.05, 0) is 18.2 Å². The van der Waals surface area contributed by atoms with Crippen LogP contribution in [0.4, 0.5) is 18.9 Å². The third kappa shape index (κ3) is 7.59. The van der Waals surface area contributed by atoms with Gasteiger partial charge in [0.1, 0.15) is 16.5 Å². The Morgan fingerprint density at radius 1 is 1.23 bits per heavy atom. The molecule has 3 N–H and O–H groups in total. The van der Waals surface area contributed by atoms with Gasteiger partial charge in [-0.2, -0.15) is 13.2 Å². The van der Waals surface area contributed by atoms with Crippen molar-refractivity contribution in [1.82, 2.24) is 4.98 Å². The molecule has 0 radical (unpaired) electrons. The summed E-state index contributed by atoms with van der Waals surface area (Å²) in [5.74, 6) is 1.27. The van der Waals surface area contributed by atoms with Gasteiger partial charge in [0, 0.05) is 25.2 Å². The van der Waals surface area contributed by atoms with E-state index in [4.69, 9.17) is 31.5 Å². The second-order valence-corrected chi connectivity index (χ2v) is 6.08. The van der Waals surface area contributed by atoms with Gasteiger partial charge in [-0.3, -0.25) is 4.99 Å². The predicted molar refractivity (Wildman–Crippen MR) is 119 cm³/mol. The highest BCUT2D eigenvalue weighted by atomic mass is 127. The lowest BCUT2D eigenvalue weighted by Gasteiger charge is -2.12. The number of rotatable bonds is 8. The molecular formula is C18H21ClF3IN4O3. The van der Waals surface area contributed by atoms with Crippen molar-refractivity contribution >= 4 is 47.2 Å². The first-order valence-corrected chi connectivity index (χ1v) is 8.77. The van der Waals surface area contributed by atoms with E-state index in [1.165, 1.54) is 7.11 Å². The molecule has 1 aromatic carbocycles. The molecule has 2 aromatic rings. The maximum atomic E-state index is 12.6. The van der Waals surface area contributed by atoms with Crippen LogP contribution in [0.3, 0.4) is 0 Å². The topological polar surface area (TPSA) is 91.0 Å². The molecule has 0 aliphatic rings. The Balaban J connectivity index is 0.00000450. The Labute approximate surface area is 193 Å². The van der Waals surface area contributed by atoms with Gasteiger partial charge in [0.2, 0.25) is 5.88 Å². The van der Waals surface area contributed by atoms with Gasteiger partial charge in [0.05, 0.1) is 32.1 Å². The Morgan fingerprint density at radius 2 is 1.97 bits per heavy atom. The maximum absolute atomic E-state index is 12.6. The molecule has 0 bridgehead atoms. The maximum Gasteiger partial charge on any atom is 0.417 e. The molecule has 12 heteroatoms. The van der Waals surface area contributed by atoms with E-state index in [0.29, 0.717) is 36.3 Å². The van der Waals surface area contributed by atoms with E-state index in [1.807, 2.05) is 0 Å². The third-order valence-electron chi connectivity index (χ3n) is 3.63. The summed E-state index contributed by atoms with van der Waals surface area (Å²) in [5, 5.41) is 2.70. The Bertz CT molecular complexity index is 869. The average Bonchev–Trinajstić information content (AvgIpc) is 2.67. The monoisotopic (exact) mass is 560 g/mol. The van der Waals surface area contributed by atoms with E-state index in [9.17, 15) is 13.2 Å². The summed E-state index contributed by atoms with van der Waals surface area (Å²) in [6.07, 6.45) is -3.40. The molecular weight excluding hydrogens is 540 g/mol. The Morgan fingerprint density at radius 3 is 2.57 bits per heavy atom. The SMILES string of the molecule is COc1ccc(OC)c(NC(N)=NCCCOc2ncc(C(F)(F)F)cc2Cl)c1.I. The molecule has 0 unspecified atom stereocenters. The number of guanidine groups is 1. The van der Waals surface area contributed by atoms with E-state index < -0.39 is 11.7 Å². The molecule has 0 fully saturated rings. The summed E-state index contributed by atoms with van der Waals surface area (Å²) >= 11 is 5.78. The summed E-state index contributed by atoms with van der Waals surface area (Å²) in [4.78, 5) is 7.75. The van der Waals surface area contributed by atoms with E-state index in [0.717, 1.165) is 6.07 Å². The number of hydrogen-bond donors (Lipinski definition) is 2. The van der Waals surface area contributed by atoms with Crippen molar-refractivity contribution in [3.8, 4) is 17.4 Å². The highest BCUT2D eigenvalue weighted by Crippen LogP contribution is 2.33. The average molecular weight is 561 g/mol. The number of nitrogens with two attached hydrogens (primary N) is 1. The molecule has 0 amide bonds. The number of benzene rings is 1. The molecule has 0 saturated heterocycles. The molecule has 2 rings (SSSR count). The molecule has 0 aliphatic heterocycles. The zero-order valence-electron chi connectivity index (χ0n) is 16.1. The zero-order chi connectivity index (χ0) is 21.4. The minimum atomic E-state index is -4.51. The minimum absolute atomic E-state index is 0. The number of ether oxygens (including phenoxy) is 3. The van der Waals surface area contributed by atoms with Crippen LogP contribution >= 0.6 is 35.6 Å². The Kier molecular flexibility index (Phi) is 10.3. The van der Waals surface area contributed by atoms with Crippen molar-refractivity contribution in [2.45, 2.75) is 12.6 Å². The van der Waals surface area contributed by atoms with Crippen LogP contribution < -0.4 is 25.3 Å². The zero-order valence-corrected chi connectivity index (χ0v) is 19.2. The van der Waals surface area contributed by atoms with Crippen LogP contribution in [0.5, 0.6) is 17.4 Å². The standard InChI is InChI=1S/C18H20ClF3N4O3.HI/c1-27-12-4-5-15(28-2)14(9-12)26-17(23)24-6-3-7-29-16-13(19)8-11(10-25-16)18(20,21)22;/h4-5,8-10H,3,6-7H2,1-2H3,(H3,23,24,26);1H. The Hall–Kier alpha value is -2.15. The number of aromatic nitrogens is 1. The first kappa shape index (κ1) is 25.9. The molecule has 30 heavy (non-hydrogen) atoms. The van der Waals surface area contributed by atoms with Crippen molar-refractivity contribution in [3.63, 3.8) is 0 Å². The molecule has 1 aromatic heterocycles. The highest BCUT2D eigenvalue weighted by molar-refractivity contribution is 14.0. The molecule has 0 spiro atoms. The first-order valence-electron chi connectivity index (χ1n) is 8.39. The number of halogens is 5. The number of hydrogen-bond acceptors (Lipinski definition) is 5. The van der Waals surface area contributed by atoms with Crippen LogP contribution in [0.1, 0.15) is 12.0 Å². The second kappa shape index (κ2) is 11.9. The van der Waals surface area contributed by atoms with Gasteiger partial charge in [0.25, 0.3) is 0 Å². The first-order chi connectivity index (χ1) is 13.7. The smallest absolute Gasteiger partial charge is 0.417 e. The van der Waals surface area contributed by atoms with Gasteiger partial charge in [-0.1, -0.05) is 11.6 Å². The molecule has 166 valence electrons. The summed E-state index contributed by atoms with van der Waals surface area (Å²) in [7, 11) is 3.07. The van der Waals surface area contributed by atoms with Crippen LogP contribution in [0.2, 0.25) is 5.02 Å². The van der Waals surface area contributed by atoms with Gasteiger partial charge < -0.3 is 25.3 Å². The summed E-state index contributed by atoms with van der Waals surface area (Å²) in [5.41, 5.74) is 5.51. The van der Waals surface area contributed by atoms with Crippen molar-refractivity contribution in [3.05, 3.63) is 41.0 Å². The van der Waals surface area contributed by atoms with Crippen LogP contribution in [0.15, 0.2) is 35.5 Å². The summed E-state index contributed by atoms with van der Waals surface area (Å²) in [6.45, 7) is 0.459. The van der Waals surface area contributed by atoms with Crippen molar-refractivity contribution in [1.29, 1.82) is 0 Å². The van der Waals surface area contributed by atoms with Crippen molar-refractivity contribution in [2.24, 2.45) is 10.7 Å². The molecule has 1 heterocycles. The summed E-state index contributed by atoms with van der Waals surface area (Å²) < 4.78 is 53.4. The number of nitrogens with zero attached hydrogens (tertiary/aromatic N) is 2. The van der Waals surface area contributed by atoms with Gasteiger partial charge in [-0.15, -0.1) is 24.0 Å². The molecule has 7 nitrogen and oxygen atoms in total. The van der Waals surface area contributed by atoms with Crippen LogP contribution in [-0.4, -0.2) is 38.3 Å². The summed E-state index contributed by atoms with van der Waals surface area (Å²) in [6, 6.07) is 5.95. The van der Waals surface area contributed by atoms with Gasteiger partial charge in [-0.25, -0.2) is 4.98 Å². The lowest BCUT2D eigenvalue weighted by molar-refractivity contribution is -0.137.